The van der Waals surface area contributed by atoms with Gasteiger partial charge in [0.2, 0.25) is 0 Å². The Hall–Kier alpha value is -1.27. The molecule has 0 aliphatic heterocycles. The zero-order valence-corrected chi connectivity index (χ0v) is 10.0. The lowest BCUT2D eigenvalue weighted by atomic mass is 10.2. The molecule has 1 aromatic carbocycles. The normalized spacial score (nSPS) is 10.9. The number of hydrogen-bond acceptors (Lipinski definition) is 2. The van der Waals surface area contributed by atoms with E-state index >= 15 is 0 Å². The van der Waals surface area contributed by atoms with Crippen LogP contribution in [0.4, 0.5) is 0 Å². The highest BCUT2D eigenvalue weighted by atomic mass is 32.2. The van der Waals surface area contributed by atoms with Gasteiger partial charge in [0.1, 0.15) is 0 Å². The van der Waals surface area contributed by atoms with Crippen molar-refractivity contribution in [1.29, 1.82) is 0 Å². The molecule has 1 aromatic rings. The molecule has 0 bridgehead atoms. The Labute approximate surface area is 97.6 Å². The molecule has 0 unspecified atom stereocenters. The minimum absolute atomic E-state index is 0.210. The van der Waals surface area contributed by atoms with E-state index in [1.807, 2.05) is 6.07 Å². The van der Waals surface area contributed by atoms with Crippen LogP contribution in [0.15, 0.2) is 35.2 Å². The van der Waals surface area contributed by atoms with E-state index in [-0.39, 0.29) is 5.75 Å². The molecule has 86 valence electrons. The molecule has 1 rings (SSSR count). The van der Waals surface area contributed by atoms with E-state index in [9.17, 15) is 8.42 Å². The van der Waals surface area contributed by atoms with Gasteiger partial charge in [0.05, 0.1) is 10.6 Å². The molecule has 0 saturated heterocycles. The van der Waals surface area contributed by atoms with E-state index in [0.717, 1.165) is 19.3 Å². The molecule has 0 aliphatic rings. The van der Waals surface area contributed by atoms with E-state index in [0.29, 0.717) is 11.3 Å². The molecule has 0 spiro atoms. The van der Waals surface area contributed by atoms with Gasteiger partial charge in [0.15, 0.2) is 9.84 Å². The number of terminal acetylenes is 1. The minimum atomic E-state index is -3.10. The van der Waals surface area contributed by atoms with Gasteiger partial charge in [-0.15, -0.1) is 12.3 Å². The number of rotatable bonds is 6. The van der Waals surface area contributed by atoms with Crippen LogP contribution in [0, 0.1) is 12.3 Å². The Morgan fingerprint density at radius 3 is 2.38 bits per heavy atom. The van der Waals surface area contributed by atoms with Crippen LogP contribution in [-0.4, -0.2) is 14.2 Å². The molecule has 0 N–H and O–H groups in total. The third kappa shape index (κ3) is 4.08. The first-order valence-electron chi connectivity index (χ1n) is 5.38. The lowest BCUT2D eigenvalue weighted by molar-refractivity contribution is 0.590. The lowest BCUT2D eigenvalue weighted by Crippen LogP contribution is -2.06. The van der Waals surface area contributed by atoms with E-state index in [1.54, 1.807) is 24.3 Å². The van der Waals surface area contributed by atoms with Crippen molar-refractivity contribution in [3.63, 3.8) is 0 Å². The van der Waals surface area contributed by atoms with Crippen LogP contribution >= 0.6 is 0 Å². The van der Waals surface area contributed by atoms with Crippen LogP contribution in [0.3, 0.4) is 0 Å². The van der Waals surface area contributed by atoms with Gasteiger partial charge in [-0.2, -0.15) is 0 Å². The van der Waals surface area contributed by atoms with Gasteiger partial charge in [-0.1, -0.05) is 24.6 Å². The lowest BCUT2D eigenvalue weighted by Gasteiger charge is -2.03. The quantitative estimate of drug-likeness (QED) is 0.562. The Bertz CT molecular complexity index is 441. The predicted molar refractivity (Wildman–Crippen MR) is 65.8 cm³/mol. The second-order valence-corrected chi connectivity index (χ2v) is 5.76. The molecule has 0 atom stereocenters. The first-order chi connectivity index (χ1) is 7.67. The maximum Gasteiger partial charge on any atom is 0.178 e. The molecule has 2 nitrogen and oxygen atoms in total. The molecule has 0 aromatic heterocycles. The van der Waals surface area contributed by atoms with E-state index in [1.165, 1.54) is 0 Å². The number of sulfone groups is 1. The summed E-state index contributed by atoms with van der Waals surface area (Å²) in [5.74, 6) is 2.76. The summed E-state index contributed by atoms with van der Waals surface area (Å²) in [6.45, 7) is 0. The maximum atomic E-state index is 11.8. The Morgan fingerprint density at radius 1 is 1.06 bits per heavy atom. The molecule has 0 heterocycles. The number of hydrogen-bond donors (Lipinski definition) is 0. The SMILES string of the molecule is C#CCCCCCS(=O)(=O)c1ccccc1. The van der Waals surface area contributed by atoms with Crippen LogP contribution in [0.2, 0.25) is 0 Å². The van der Waals surface area contributed by atoms with Gasteiger partial charge in [-0.3, -0.25) is 0 Å². The number of benzene rings is 1. The molecule has 0 aliphatic carbocycles. The second-order valence-electron chi connectivity index (χ2n) is 3.65. The molecular formula is C13H16O2S. The minimum Gasteiger partial charge on any atom is -0.224 e. The average molecular weight is 236 g/mol. The van der Waals surface area contributed by atoms with Gasteiger partial charge in [0, 0.05) is 6.42 Å². The van der Waals surface area contributed by atoms with Gasteiger partial charge in [0.25, 0.3) is 0 Å². The molecule has 0 saturated carbocycles. The average Bonchev–Trinajstić information content (AvgIpc) is 2.30. The first-order valence-corrected chi connectivity index (χ1v) is 7.03. The Balaban J connectivity index is 2.45. The fourth-order valence-electron chi connectivity index (χ4n) is 1.44. The summed E-state index contributed by atoms with van der Waals surface area (Å²) in [6, 6.07) is 8.57. The second kappa shape index (κ2) is 6.34. The highest BCUT2D eigenvalue weighted by Gasteiger charge is 2.12. The highest BCUT2D eigenvalue weighted by molar-refractivity contribution is 7.91. The molecule has 16 heavy (non-hydrogen) atoms. The van der Waals surface area contributed by atoms with Crippen LogP contribution in [0.25, 0.3) is 0 Å². The zero-order valence-electron chi connectivity index (χ0n) is 9.22. The van der Waals surface area contributed by atoms with Crippen molar-refractivity contribution in [2.45, 2.75) is 30.6 Å². The summed E-state index contributed by atoms with van der Waals surface area (Å²) >= 11 is 0. The van der Waals surface area contributed by atoms with Crippen LogP contribution in [-0.2, 0) is 9.84 Å². The molecule has 0 radical (unpaired) electrons. The standard InChI is InChI=1S/C13H16O2S/c1-2-3-4-5-9-12-16(14,15)13-10-7-6-8-11-13/h1,6-8,10-11H,3-5,9,12H2. The third-order valence-corrected chi connectivity index (χ3v) is 4.15. The largest absolute Gasteiger partial charge is 0.224 e. The van der Waals surface area contributed by atoms with E-state index < -0.39 is 9.84 Å². The maximum absolute atomic E-state index is 11.8. The van der Waals surface area contributed by atoms with Crippen molar-refractivity contribution >= 4 is 9.84 Å². The fourth-order valence-corrected chi connectivity index (χ4v) is 2.83. The Morgan fingerprint density at radius 2 is 1.75 bits per heavy atom. The van der Waals surface area contributed by atoms with Gasteiger partial charge in [-0.05, 0) is 25.0 Å². The summed E-state index contributed by atoms with van der Waals surface area (Å²) < 4.78 is 23.6. The van der Waals surface area contributed by atoms with Crippen molar-refractivity contribution in [3.8, 4) is 12.3 Å². The summed E-state index contributed by atoms with van der Waals surface area (Å²) in [4.78, 5) is 0.409. The van der Waals surface area contributed by atoms with Gasteiger partial charge < -0.3 is 0 Å². The molecular weight excluding hydrogens is 220 g/mol. The van der Waals surface area contributed by atoms with Crippen molar-refractivity contribution in [3.05, 3.63) is 30.3 Å². The molecule has 3 heteroatoms. The summed E-state index contributed by atoms with van der Waals surface area (Å²) in [6.07, 6.45) is 8.30. The van der Waals surface area contributed by atoms with E-state index in [2.05, 4.69) is 5.92 Å². The monoisotopic (exact) mass is 236 g/mol. The molecule has 0 fully saturated rings. The van der Waals surface area contributed by atoms with Crippen LogP contribution in [0.5, 0.6) is 0 Å². The van der Waals surface area contributed by atoms with Crippen molar-refractivity contribution in [2.24, 2.45) is 0 Å². The smallest absolute Gasteiger partial charge is 0.178 e. The molecule has 0 amide bonds. The van der Waals surface area contributed by atoms with Crippen molar-refractivity contribution < 1.29 is 8.42 Å². The van der Waals surface area contributed by atoms with E-state index in [4.69, 9.17) is 6.42 Å². The first kappa shape index (κ1) is 12.8. The highest BCUT2D eigenvalue weighted by Crippen LogP contribution is 2.12. The van der Waals surface area contributed by atoms with Gasteiger partial charge >= 0.3 is 0 Å². The van der Waals surface area contributed by atoms with Gasteiger partial charge in [-0.25, -0.2) is 8.42 Å². The topological polar surface area (TPSA) is 34.1 Å². The summed E-state index contributed by atoms with van der Waals surface area (Å²) in [5, 5.41) is 0. The Kier molecular flexibility index (Phi) is 5.07. The summed E-state index contributed by atoms with van der Waals surface area (Å²) in [5.41, 5.74) is 0. The zero-order chi connectivity index (χ0) is 11.9. The summed E-state index contributed by atoms with van der Waals surface area (Å²) in [7, 11) is -3.10. The third-order valence-electron chi connectivity index (χ3n) is 2.34. The predicted octanol–water partition coefficient (Wildman–Crippen LogP) is 2.65. The van der Waals surface area contributed by atoms with Crippen LogP contribution < -0.4 is 0 Å². The fraction of sp³-hybridized carbons (Fsp3) is 0.385. The van der Waals surface area contributed by atoms with Crippen LogP contribution in [0.1, 0.15) is 25.7 Å². The van der Waals surface area contributed by atoms with Crippen molar-refractivity contribution in [1.82, 2.24) is 0 Å². The van der Waals surface area contributed by atoms with Crippen molar-refractivity contribution in [2.75, 3.05) is 5.75 Å². The number of unbranched alkanes of at least 4 members (excludes halogenated alkanes) is 3.